The Morgan fingerprint density at radius 1 is 1.14 bits per heavy atom. The summed E-state index contributed by atoms with van der Waals surface area (Å²) in [5.41, 5.74) is 5.25. The Morgan fingerprint density at radius 2 is 1.90 bits per heavy atom. The third-order valence-electron chi connectivity index (χ3n) is 3.75. The second kappa shape index (κ2) is 10.2. The van der Waals surface area contributed by atoms with Crippen molar-refractivity contribution in [3.05, 3.63) is 70.7 Å². The zero-order chi connectivity index (χ0) is 20.5. The van der Waals surface area contributed by atoms with Crippen molar-refractivity contribution < 1.29 is 19.0 Å². The van der Waals surface area contributed by atoms with Gasteiger partial charge >= 0.3 is 5.97 Å². The highest BCUT2D eigenvalue weighted by molar-refractivity contribution is 7.13. The summed E-state index contributed by atoms with van der Waals surface area (Å²) < 4.78 is 16.0. The number of anilines is 1. The number of hydrazone groups is 1. The topological polar surface area (TPSA) is 82.0 Å². The summed E-state index contributed by atoms with van der Waals surface area (Å²) in [5.74, 6) is 0.927. The van der Waals surface area contributed by atoms with E-state index in [0.29, 0.717) is 24.5 Å². The van der Waals surface area contributed by atoms with Crippen molar-refractivity contribution in [3.8, 4) is 11.5 Å². The first kappa shape index (κ1) is 20.3. The van der Waals surface area contributed by atoms with Gasteiger partial charge in [0.05, 0.1) is 24.6 Å². The molecule has 29 heavy (non-hydrogen) atoms. The number of aromatic nitrogens is 1. The molecule has 8 heteroatoms. The van der Waals surface area contributed by atoms with E-state index in [0.717, 1.165) is 22.1 Å². The van der Waals surface area contributed by atoms with Gasteiger partial charge in [0.25, 0.3) is 0 Å². The van der Waals surface area contributed by atoms with Crippen LogP contribution in [0.1, 0.15) is 21.6 Å². The van der Waals surface area contributed by atoms with Crippen LogP contribution in [-0.2, 0) is 4.74 Å². The van der Waals surface area contributed by atoms with Crippen LogP contribution in [0.3, 0.4) is 0 Å². The fourth-order valence-corrected chi connectivity index (χ4v) is 3.00. The highest BCUT2D eigenvalue weighted by Crippen LogP contribution is 2.16. The van der Waals surface area contributed by atoms with Gasteiger partial charge in [0, 0.05) is 5.38 Å². The molecule has 1 heterocycles. The molecule has 0 aliphatic heterocycles. The molecule has 0 atom stereocenters. The van der Waals surface area contributed by atoms with Crippen molar-refractivity contribution in [1.82, 2.24) is 4.98 Å². The molecule has 0 fully saturated rings. The first-order valence-electron chi connectivity index (χ1n) is 8.89. The number of methoxy groups -OCH3 is 1. The molecule has 3 rings (SSSR count). The minimum Gasteiger partial charge on any atom is -0.490 e. The van der Waals surface area contributed by atoms with Gasteiger partial charge in [-0.3, -0.25) is 5.43 Å². The molecule has 7 nitrogen and oxygen atoms in total. The van der Waals surface area contributed by atoms with E-state index >= 15 is 0 Å². The van der Waals surface area contributed by atoms with Crippen LogP contribution >= 0.6 is 11.3 Å². The monoisotopic (exact) mass is 411 g/mol. The Bertz CT molecular complexity index is 970. The second-order valence-corrected chi connectivity index (χ2v) is 6.81. The number of aryl methyl sites for hydroxylation is 1. The molecule has 150 valence electrons. The molecule has 2 aromatic carbocycles. The Kier molecular flexibility index (Phi) is 7.18. The summed E-state index contributed by atoms with van der Waals surface area (Å²) in [7, 11) is 1.35. The van der Waals surface area contributed by atoms with E-state index in [-0.39, 0.29) is 0 Å². The molecule has 0 spiro atoms. The zero-order valence-electron chi connectivity index (χ0n) is 16.1. The molecule has 0 unspecified atom stereocenters. The molecule has 0 aliphatic carbocycles. The number of thiazole rings is 1. The molecule has 0 bridgehead atoms. The zero-order valence-corrected chi connectivity index (χ0v) is 16.9. The van der Waals surface area contributed by atoms with Crippen LogP contribution in [0.2, 0.25) is 0 Å². The van der Waals surface area contributed by atoms with E-state index in [1.54, 1.807) is 30.5 Å². The quantitative estimate of drug-likeness (QED) is 0.247. The second-order valence-electron chi connectivity index (χ2n) is 5.95. The fraction of sp³-hybridized carbons (Fsp3) is 0.190. The number of hydrogen-bond donors (Lipinski definition) is 1. The Balaban J connectivity index is 1.41. The van der Waals surface area contributed by atoms with E-state index < -0.39 is 5.97 Å². The van der Waals surface area contributed by atoms with Crippen LogP contribution in [0.15, 0.2) is 59.0 Å². The lowest BCUT2D eigenvalue weighted by molar-refractivity contribution is 0.0600. The van der Waals surface area contributed by atoms with Gasteiger partial charge < -0.3 is 14.2 Å². The molecule has 0 aliphatic rings. The van der Waals surface area contributed by atoms with Crippen LogP contribution in [0.4, 0.5) is 5.13 Å². The molecule has 3 aromatic rings. The summed E-state index contributed by atoms with van der Waals surface area (Å²) >= 11 is 1.51. The summed E-state index contributed by atoms with van der Waals surface area (Å²) in [6, 6.07) is 14.4. The van der Waals surface area contributed by atoms with Crippen LogP contribution < -0.4 is 14.9 Å². The highest BCUT2D eigenvalue weighted by Gasteiger charge is 2.06. The van der Waals surface area contributed by atoms with Crippen molar-refractivity contribution in [2.45, 2.75) is 6.92 Å². The van der Waals surface area contributed by atoms with Crippen LogP contribution in [-0.4, -0.2) is 37.5 Å². The molecule has 0 saturated carbocycles. The maximum atomic E-state index is 11.5. The highest BCUT2D eigenvalue weighted by atomic mass is 32.1. The Hall–Kier alpha value is -3.39. The van der Waals surface area contributed by atoms with Gasteiger partial charge in [-0.1, -0.05) is 6.07 Å². The van der Waals surface area contributed by atoms with E-state index in [4.69, 9.17) is 14.2 Å². The molecule has 0 saturated heterocycles. The van der Waals surface area contributed by atoms with E-state index in [2.05, 4.69) is 15.5 Å². The predicted octanol–water partition coefficient (Wildman–Crippen LogP) is 4.14. The van der Waals surface area contributed by atoms with Crippen LogP contribution in [0.5, 0.6) is 11.5 Å². The number of nitrogens with zero attached hydrogens (tertiary/aromatic N) is 2. The van der Waals surface area contributed by atoms with Gasteiger partial charge in [-0.25, -0.2) is 9.78 Å². The summed E-state index contributed by atoms with van der Waals surface area (Å²) in [4.78, 5) is 15.8. The lowest BCUT2D eigenvalue weighted by Crippen LogP contribution is -2.09. The number of nitrogens with one attached hydrogen (secondary N) is 1. The maximum Gasteiger partial charge on any atom is 0.337 e. The SMILES string of the molecule is COC(=O)c1cccc(OCCOc2ccc(C=NNc3nc(C)cs3)cc2)c1. The van der Waals surface area contributed by atoms with Gasteiger partial charge in [-0.2, -0.15) is 5.10 Å². The van der Waals surface area contributed by atoms with Gasteiger partial charge in [0.2, 0.25) is 5.13 Å². The van der Waals surface area contributed by atoms with Crippen molar-refractivity contribution >= 4 is 28.7 Å². The largest absolute Gasteiger partial charge is 0.490 e. The van der Waals surface area contributed by atoms with Crippen molar-refractivity contribution in [2.75, 3.05) is 25.7 Å². The molecule has 1 N–H and O–H groups in total. The van der Waals surface area contributed by atoms with E-state index in [9.17, 15) is 4.79 Å². The number of esters is 1. The minimum atomic E-state index is -0.396. The minimum absolute atomic E-state index is 0.352. The lowest BCUT2D eigenvalue weighted by Gasteiger charge is -2.09. The number of carbonyl (C=O) groups excluding carboxylic acids is 1. The normalized spacial score (nSPS) is 10.7. The van der Waals surface area contributed by atoms with Crippen molar-refractivity contribution in [2.24, 2.45) is 5.10 Å². The van der Waals surface area contributed by atoms with Gasteiger partial charge in [-0.15, -0.1) is 11.3 Å². The summed E-state index contributed by atoms with van der Waals surface area (Å²) in [6.45, 7) is 2.67. The van der Waals surface area contributed by atoms with Crippen molar-refractivity contribution in [1.29, 1.82) is 0 Å². The Labute approximate surface area is 173 Å². The number of hydrogen-bond acceptors (Lipinski definition) is 8. The molecular formula is C21H21N3O4S. The first-order valence-corrected chi connectivity index (χ1v) is 9.77. The third-order valence-corrected chi connectivity index (χ3v) is 4.61. The number of carbonyl (C=O) groups is 1. The smallest absolute Gasteiger partial charge is 0.337 e. The maximum absolute atomic E-state index is 11.5. The molecule has 1 aromatic heterocycles. The van der Waals surface area contributed by atoms with Gasteiger partial charge in [0.15, 0.2) is 0 Å². The van der Waals surface area contributed by atoms with Crippen LogP contribution in [0, 0.1) is 6.92 Å². The number of ether oxygens (including phenoxy) is 3. The summed E-state index contributed by atoms with van der Waals surface area (Å²) in [5, 5.41) is 6.89. The first-order chi connectivity index (χ1) is 14.1. The van der Waals surface area contributed by atoms with Crippen LogP contribution in [0.25, 0.3) is 0 Å². The predicted molar refractivity (Wildman–Crippen MR) is 113 cm³/mol. The molecular weight excluding hydrogens is 390 g/mol. The average Bonchev–Trinajstić information content (AvgIpc) is 3.17. The van der Waals surface area contributed by atoms with Gasteiger partial charge in [0.1, 0.15) is 24.7 Å². The third kappa shape index (κ3) is 6.32. The van der Waals surface area contributed by atoms with E-state index in [1.165, 1.54) is 18.4 Å². The Morgan fingerprint density at radius 3 is 2.59 bits per heavy atom. The lowest BCUT2D eigenvalue weighted by atomic mass is 10.2. The van der Waals surface area contributed by atoms with E-state index in [1.807, 2.05) is 36.6 Å². The standard InChI is InChI=1S/C21H21N3O4S/c1-15-14-29-21(23-15)24-22-13-16-6-8-18(9-7-16)27-10-11-28-19-5-3-4-17(12-19)20(25)26-2/h3-9,12-14H,10-11H2,1-2H3,(H,23,24). The number of benzene rings is 2. The molecule has 0 radical (unpaired) electrons. The summed E-state index contributed by atoms with van der Waals surface area (Å²) in [6.07, 6.45) is 1.72. The average molecular weight is 411 g/mol. The van der Waals surface area contributed by atoms with Gasteiger partial charge in [-0.05, 0) is 55.0 Å². The van der Waals surface area contributed by atoms with Crippen molar-refractivity contribution in [3.63, 3.8) is 0 Å². The fourth-order valence-electron chi connectivity index (χ4n) is 2.37. The molecule has 0 amide bonds. The number of rotatable bonds is 9.